The molecule has 1 atom stereocenters. The summed E-state index contributed by atoms with van der Waals surface area (Å²) in [5.74, 6) is -2.01. The number of hydrogen-bond donors (Lipinski definition) is 2. The lowest BCUT2D eigenvalue weighted by molar-refractivity contribution is -0.139. The fourth-order valence-corrected chi connectivity index (χ4v) is 1.51. The first-order valence-electron chi connectivity index (χ1n) is 4.16. The number of aliphatic hydroxyl groups is 1. The molecule has 0 aliphatic rings. The van der Waals surface area contributed by atoms with Gasteiger partial charge in [-0.1, -0.05) is 29.8 Å². The summed E-state index contributed by atoms with van der Waals surface area (Å²) in [4.78, 5) is 10.8. The Labute approximate surface area is 86.9 Å². The summed E-state index contributed by atoms with van der Waals surface area (Å²) in [5, 5.41) is 18.2. The maximum atomic E-state index is 10.8. The van der Waals surface area contributed by atoms with Crippen molar-refractivity contribution in [1.82, 2.24) is 0 Å². The summed E-state index contributed by atoms with van der Waals surface area (Å²) in [7, 11) is 0. The molecule has 0 aromatic heterocycles. The van der Waals surface area contributed by atoms with Gasteiger partial charge in [-0.25, -0.2) is 0 Å². The van der Waals surface area contributed by atoms with E-state index in [0.717, 1.165) is 5.56 Å². The first-order chi connectivity index (χ1) is 6.57. The van der Waals surface area contributed by atoms with E-state index in [1.54, 1.807) is 25.1 Å². The standard InChI is InChI=1S/C10H11ClO3/c1-6-3-2-4-7(9(6)11)8(5-12)10(13)14/h2-4,8,12H,5H2,1H3,(H,13,14)/t8-/m1/s1. The molecular weight excluding hydrogens is 204 g/mol. The molecule has 0 saturated carbocycles. The average molecular weight is 215 g/mol. The van der Waals surface area contributed by atoms with Crippen LogP contribution >= 0.6 is 11.6 Å². The van der Waals surface area contributed by atoms with Crippen LogP contribution in [0, 0.1) is 6.92 Å². The lowest BCUT2D eigenvalue weighted by atomic mass is 9.98. The van der Waals surface area contributed by atoms with Crippen molar-refractivity contribution in [1.29, 1.82) is 0 Å². The van der Waals surface area contributed by atoms with Gasteiger partial charge < -0.3 is 10.2 Å². The second-order valence-corrected chi connectivity index (χ2v) is 3.43. The van der Waals surface area contributed by atoms with Crippen LogP contribution in [0.4, 0.5) is 0 Å². The maximum Gasteiger partial charge on any atom is 0.313 e. The van der Waals surface area contributed by atoms with Crippen LogP contribution < -0.4 is 0 Å². The number of rotatable bonds is 3. The minimum Gasteiger partial charge on any atom is -0.481 e. The molecule has 0 heterocycles. The first kappa shape index (κ1) is 11.0. The molecule has 0 fully saturated rings. The predicted octanol–water partition coefficient (Wildman–Crippen LogP) is 1.81. The monoisotopic (exact) mass is 214 g/mol. The molecule has 0 unspecified atom stereocenters. The number of halogens is 1. The van der Waals surface area contributed by atoms with Crippen molar-refractivity contribution in [2.75, 3.05) is 6.61 Å². The SMILES string of the molecule is Cc1cccc([C@@H](CO)C(=O)O)c1Cl. The predicted molar refractivity (Wildman–Crippen MR) is 53.7 cm³/mol. The third-order valence-corrected chi connectivity index (χ3v) is 2.59. The van der Waals surface area contributed by atoms with Crippen molar-refractivity contribution in [2.24, 2.45) is 0 Å². The van der Waals surface area contributed by atoms with E-state index in [-0.39, 0.29) is 0 Å². The van der Waals surface area contributed by atoms with E-state index >= 15 is 0 Å². The van der Waals surface area contributed by atoms with Gasteiger partial charge in [0.2, 0.25) is 0 Å². The van der Waals surface area contributed by atoms with Gasteiger partial charge in [0, 0.05) is 5.02 Å². The van der Waals surface area contributed by atoms with Gasteiger partial charge in [-0.3, -0.25) is 4.79 Å². The summed E-state index contributed by atoms with van der Waals surface area (Å²) >= 11 is 5.94. The number of aryl methyl sites for hydroxylation is 1. The molecule has 0 aliphatic carbocycles. The molecule has 0 amide bonds. The topological polar surface area (TPSA) is 57.5 Å². The summed E-state index contributed by atoms with van der Waals surface area (Å²) in [5.41, 5.74) is 1.27. The fourth-order valence-electron chi connectivity index (χ4n) is 1.25. The molecule has 2 N–H and O–H groups in total. The molecule has 0 radical (unpaired) electrons. The van der Waals surface area contributed by atoms with Gasteiger partial charge in [-0.15, -0.1) is 0 Å². The van der Waals surface area contributed by atoms with Crippen LogP contribution in [0.3, 0.4) is 0 Å². The number of aliphatic hydroxyl groups excluding tert-OH is 1. The van der Waals surface area contributed by atoms with Gasteiger partial charge in [-0.05, 0) is 18.1 Å². The smallest absolute Gasteiger partial charge is 0.313 e. The third kappa shape index (κ3) is 2.05. The first-order valence-corrected chi connectivity index (χ1v) is 4.54. The Morgan fingerprint density at radius 2 is 2.21 bits per heavy atom. The zero-order valence-corrected chi connectivity index (χ0v) is 8.45. The van der Waals surface area contributed by atoms with Gasteiger partial charge >= 0.3 is 5.97 Å². The maximum absolute atomic E-state index is 10.8. The zero-order valence-electron chi connectivity index (χ0n) is 7.70. The van der Waals surface area contributed by atoms with E-state index < -0.39 is 18.5 Å². The van der Waals surface area contributed by atoms with E-state index in [1.165, 1.54) is 0 Å². The second-order valence-electron chi connectivity index (χ2n) is 3.05. The average Bonchev–Trinajstić information content (AvgIpc) is 2.13. The highest BCUT2D eigenvalue weighted by Crippen LogP contribution is 2.27. The van der Waals surface area contributed by atoms with Gasteiger partial charge in [0.05, 0.1) is 6.61 Å². The fraction of sp³-hybridized carbons (Fsp3) is 0.300. The summed E-state index contributed by atoms with van der Waals surface area (Å²) in [6.07, 6.45) is 0. The largest absolute Gasteiger partial charge is 0.481 e. The lowest BCUT2D eigenvalue weighted by Gasteiger charge is -2.12. The van der Waals surface area contributed by atoms with Crippen LogP contribution in [-0.2, 0) is 4.79 Å². The summed E-state index contributed by atoms with van der Waals surface area (Å²) in [6, 6.07) is 5.13. The molecule has 1 aromatic carbocycles. The van der Waals surface area contributed by atoms with Crippen LogP contribution in [0.15, 0.2) is 18.2 Å². The van der Waals surface area contributed by atoms with Gasteiger partial charge in [-0.2, -0.15) is 0 Å². The Bertz CT molecular complexity index is 349. The van der Waals surface area contributed by atoms with Crippen molar-refractivity contribution in [3.8, 4) is 0 Å². The van der Waals surface area contributed by atoms with Crippen LogP contribution in [0.5, 0.6) is 0 Å². The second kappa shape index (κ2) is 4.44. The quantitative estimate of drug-likeness (QED) is 0.807. The van der Waals surface area contributed by atoms with Gasteiger partial charge in [0.15, 0.2) is 0 Å². The molecular formula is C10H11ClO3. The molecule has 76 valence electrons. The highest BCUT2D eigenvalue weighted by atomic mass is 35.5. The Balaban J connectivity index is 3.16. The normalized spacial score (nSPS) is 12.5. The van der Waals surface area contributed by atoms with Crippen LogP contribution in [-0.4, -0.2) is 22.8 Å². The minimum absolute atomic E-state index is 0.411. The van der Waals surface area contributed by atoms with Crippen molar-refractivity contribution in [3.05, 3.63) is 34.3 Å². The van der Waals surface area contributed by atoms with E-state index in [0.29, 0.717) is 10.6 Å². The van der Waals surface area contributed by atoms with E-state index in [4.69, 9.17) is 21.8 Å². The Hall–Kier alpha value is -1.06. The third-order valence-electron chi connectivity index (χ3n) is 2.08. The molecule has 1 aromatic rings. The minimum atomic E-state index is -1.07. The molecule has 1 rings (SSSR count). The number of hydrogen-bond acceptors (Lipinski definition) is 2. The molecule has 0 spiro atoms. The Morgan fingerprint density at radius 1 is 1.57 bits per heavy atom. The van der Waals surface area contributed by atoms with E-state index in [1.807, 2.05) is 0 Å². The van der Waals surface area contributed by atoms with Gasteiger partial charge in [0.25, 0.3) is 0 Å². The summed E-state index contributed by atoms with van der Waals surface area (Å²) < 4.78 is 0. The van der Waals surface area contributed by atoms with E-state index in [9.17, 15) is 4.79 Å². The lowest BCUT2D eigenvalue weighted by Crippen LogP contribution is -2.16. The van der Waals surface area contributed by atoms with Crippen molar-refractivity contribution >= 4 is 17.6 Å². The van der Waals surface area contributed by atoms with Crippen molar-refractivity contribution < 1.29 is 15.0 Å². The van der Waals surface area contributed by atoms with Crippen LogP contribution in [0.2, 0.25) is 5.02 Å². The van der Waals surface area contributed by atoms with Crippen molar-refractivity contribution in [2.45, 2.75) is 12.8 Å². The molecule has 14 heavy (non-hydrogen) atoms. The van der Waals surface area contributed by atoms with E-state index in [2.05, 4.69) is 0 Å². The van der Waals surface area contributed by atoms with Crippen LogP contribution in [0.25, 0.3) is 0 Å². The number of carbonyl (C=O) groups is 1. The Kier molecular flexibility index (Phi) is 3.49. The molecule has 3 nitrogen and oxygen atoms in total. The summed E-state index contributed by atoms with van der Waals surface area (Å²) in [6.45, 7) is 1.35. The Morgan fingerprint density at radius 3 is 2.71 bits per heavy atom. The highest BCUT2D eigenvalue weighted by Gasteiger charge is 2.21. The zero-order chi connectivity index (χ0) is 10.7. The molecule has 0 bridgehead atoms. The molecule has 0 aliphatic heterocycles. The molecule has 4 heteroatoms. The number of carboxylic acids is 1. The number of aliphatic carboxylic acids is 1. The van der Waals surface area contributed by atoms with Crippen molar-refractivity contribution in [3.63, 3.8) is 0 Å². The van der Waals surface area contributed by atoms with Gasteiger partial charge in [0.1, 0.15) is 5.92 Å². The van der Waals surface area contributed by atoms with Crippen LogP contribution in [0.1, 0.15) is 17.0 Å². The highest BCUT2D eigenvalue weighted by molar-refractivity contribution is 6.32. The number of benzene rings is 1. The number of carboxylic acid groups (broad SMARTS) is 1. The molecule has 0 saturated heterocycles.